The molecule has 0 atom stereocenters. The van der Waals surface area contributed by atoms with E-state index in [1.54, 1.807) is 29.5 Å². The van der Waals surface area contributed by atoms with Crippen LogP contribution in [0.5, 0.6) is 0 Å². The van der Waals surface area contributed by atoms with Gasteiger partial charge < -0.3 is 0 Å². The van der Waals surface area contributed by atoms with Gasteiger partial charge in [-0.3, -0.25) is 9.12 Å². The third-order valence-corrected chi connectivity index (χ3v) is 6.28. The molecule has 0 radical (unpaired) electrons. The first-order valence-corrected chi connectivity index (χ1v) is 10.1. The molecule has 0 spiro atoms. The lowest BCUT2D eigenvalue weighted by atomic mass is 10.1. The molecule has 2 aromatic heterocycles. The van der Waals surface area contributed by atoms with E-state index >= 15 is 0 Å². The summed E-state index contributed by atoms with van der Waals surface area (Å²) in [5.74, 6) is -0.485. The summed E-state index contributed by atoms with van der Waals surface area (Å²) in [4.78, 5) is 5.46. The van der Waals surface area contributed by atoms with Crippen LogP contribution >= 0.6 is 11.3 Å². The van der Waals surface area contributed by atoms with Crippen molar-refractivity contribution in [3.05, 3.63) is 71.6 Å². The van der Waals surface area contributed by atoms with E-state index in [0.717, 1.165) is 34.0 Å². The molecule has 0 amide bonds. The highest BCUT2D eigenvalue weighted by Crippen LogP contribution is 2.26. The van der Waals surface area contributed by atoms with Gasteiger partial charge in [0.15, 0.2) is 4.96 Å². The Morgan fingerprint density at radius 2 is 1.92 bits per heavy atom. The fourth-order valence-electron chi connectivity index (χ4n) is 2.60. The number of nitrogens with one attached hydrogen (secondary N) is 1. The summed E-state index contributed by atoms with van der Waals surface area (Å²) in [7, 11) is -3.79. The number of anilines is 1. The zero-order valence-electron chi connectivity index (χ0n) is 13.7. The van der Waals surface area contributed by atoms with Gasteiger partial charge in [0.1, 0.15) is 5.82 Å². The van der Waals surface area contributed by atoms with E-state index < -0.39 is 15.8 Å². The van der Waals surface area contributed by atoms with Crippen molar-refractivity contribution in [3.8, 4) is 11.3 Å². The number of hydrogen-bond donors (Lipinski definition) is 1. The molecule has 8 heteroatoms. The molecule has 0 saturated carbocycles. The number of halogens is 1. The van der Waals surface area contributed by atoms with E-state index in [1.807, 2.05) is 29.0 Å². The largest absolute Gasteiger partial charge is 0.294 e. The molecule has 4 aromatic rings. The number of rotatable bonds is 4. The van der Waals surface area contributed by atoms with Crippen LogP contribution in [0.15, 0.2) is 65.0 Å². The van der Waals surface area contributed by atoms with Gasteiger partial charge in [-0.2, -0.15) is 0 Å². The fraction of sp³-hybridized carbons (Fsp3) is 0.0556. The number of benzene rings is 2. The Bertz CT molecular complexity index is 1190. The first-order valence-electron chi connectivity index (χ1n) is 7.74. The van der Waals surface area contributed by atoms with Crippen LogP contribution in [-0.2, 0) is 10.0 Å². The SMILES string of the molecule is Cc1csc2nc(-c3cccc(NS(=O)(=O)c4ccc(F)cc4)c3)cn12. The molecule has 132 valence electrons. The van der Waals surface area contributed by atoms with Crippen LogP contribution in [0, 0.1) is 12.7 Å². The first-order chi connectivity index (χ1) is 12.4. The van der Waals surface area contributed by atoms with Crippen LogP contribution < -0.4 is 4.72 Å². The van der Waals surface area contributed by atoms with Gasteiger partial charge in [0.05, 0.1) is 10.6 Å². The van der Waals surface area contributed by atoms with Crippen molar-refractivity contribution in [2.24, 2.45) is 0 Å². The molecule has 0 fully saturated rings. The summed E-state index contributed by atoms with van der Waals surface area (Å²) in [5.41, 5.74) is 3.08. The molecule has 4 rings (SSSR count). The van der Waals surface area contributed by atoms with Gasteiger partial charge in [0, 0.05) is 28.5 Å². The fourth-order valence-corrected chi connectivity index (χ4v) is 4.50. The second-order valence-corrected chi connectivity index (χ2v) is 8.31. The first kappa shape index (κ1) is 16.7. The number of aryl methyl sites for hydroxylation is 1. The number of nitrogens with zero attached hydrogens (tertiary/aromatic N) is 2. The van der Waals surface area contributed by atoms with Gasteiger partial charge in [-0.1, -0.05) is 12.1 Å². The van der Waals surface area contributed by atoms with E-state index in [2.05, 4.69) is 9.71 Å². The van der Waals surface area contributed by atoms with Gasteiger partial charge in [-0.05, 0) is 43.3 Å². The number of sulfonamides is 1. The molecule has 0 unspecified atom stereocenters. The smallest absolute Gasteiger partial charge is 0.261 e. The number of hydrogen-bond acceptors (Lipinski definition) is 4. The highest BCUT2D eigenvalue weighted by molar-refractivity contribution is 7.92. The van der Waals surface area contributed by atoms with Crippen LogP contribution in [0.25, 0.3) is 16.2 Å². The molecule has 0 saturated heterocycles. The average Bonchev–Trinajstić information content (AvgIpc) is 3.18. The molecule has 2 heterocycles. The monoisotopic (exact) mass is 387 g/mol. The maximum absolute atomic E-state index is 13.0. The molecule has 1 N–H and O–H groups in total. The van der Waals surface area contributed by atoms with Crippen molar-refractivity contribution in [1.29, 1.82) is 0 Å². The zero-order valence-corrected chi connectivity index (χ0v) is 15.3. The lowest BCUT2D eigenvalue weighted by molar-refractivity contribution is 0.599. The van der Waals surface area contributed by atoms with Crippen molar-refractivity contribution in [1.82, 2.24) is 9.38 Å². The van der Waals surface area contributed by atoms with Gasteiger partial charge in [0.2, 0.25) is 0 Å². The molecule has 0 aliphatic rings. The van der Waals surface area contributed by atoms with Crippen LogP contribution in [0.3, 0.4) is 0 Å². The average molecular weight is 387 g/mol. The van der Waals surface area contributed by atoms with Gasteiger partial charge >= 0.3 is 0 Å². The van der Waals surface area contributed by atoms with Crippen LogP contribution in [0.1, 0.15) is 5.69 Å². The van der Waals surface area contributed by atoms with E-state index in [9.17, 15) is 12.8 Å². The summed E-state index contributed by atoms with van der Waals surface area (Å²) in [6.45, 7) is 2.00. The number of imidazole rings is 1. The van der Waals surface area contributed by atoms with E-state index in [1.165, 1.54) is 12.1 Å². The minimum absolute atomic E-state index is 0.00225. The Morgan fingerprint density at radius 1 is 1.15 bits per heavy atom. The minimum Gasteiger partial charge on any atom is -0.294 e. The van der Waals surface area contributed by atoms with Gasteiger partial charge in [-0.15, -0.1) is 11.3 Å². The quantitative estimate of drug-likeness (QED) is 0.567. The van der Waals surface area contributed by atoms with E-state index in [4.69, 9.17) is 0 Å². The van der Waals surface area contributed by atoms with Crippen molar-refractivity contribution in [3.63, 3.8) is 0 Å². The Balaban J connectivity index is 1.66. The number of fused-ring (bicyclic) bond motifs is 1. The standard InChI is InChI=1S/C18H14FN3O2S2/c1-12-11-25-18-20-17(10-22(12)18)13-3-2-4-15(9-13)21-26(23,24)16-7-5-14(19)6-8-16/h2-11,21H,1H3. The lowest BCUT2D eigenvalue weighted by Gasteiger charge is -2.09. The molecular weight excluding hydrogens is 373 g/mol. The molecule has 0 aliphatic carbocycles. The Hall–Kier alpha value is -2.71. The minimum atomic E-state index is -3.79. The lowest BCUT2D eigenvalue weighted by Crippen LogP contribution is -2.12. The molecule has 26 heavy (non-hydrogen) atoms. The van der Waals surface area contributed by atoms with Crippen molar-refractivity contribution < 1.29 is 12.8 Å². The maximum Gasteiger partial charge on any atom is 0.261 e. The highest BCUT2D eigenvalue weighted by atomic mass is 32.2. The third kappa shape index (κ3) is 3.09. The van der Waals surface area contributed by atoms with E-state index in [-0.39, 0.29) is 4.90 Å². The normalized spacial score (nSPS) is 11.8. The van der Waals surface area contributed by atoms with Crippen LogP contribution in [-0.4, -0.2) is 17.8 Å². The molecule has 2 aromatic carbocycles. The number of thiazole rings is 1. The van der Waals surface area contributed by atoms with Crippen LogP contribution in [0.4, 0.5) is 10.1 Å². The molecular formula is C18H14FN3O2S2. The summed E-state index contributed by atoms with van der Waals surface area (Å²) < 4.78 is 42.4. The second kappa shape index (κ2) is 6.22. The number of aromatic nitrogens is 2. The van der Waals surface area contributed by atoms with Gasteiger partial charge in [-0.25, -0.2) is 17.8 Å². The van der Waals surface area contributed by atoms with Crippen molar-refractivity contribution >= 4 is 32.0 Å². The van der Waals surface area contributed by atoms with Crippen LogP contribution in [0.2, 0.25) is 0 Å². The molecule has 5 nitrogen and oxygen atoms in total. The zero-order chi connectivity index (χ0) is 18.3. The predicted molar refractivity (Wildman–Crippen MR) is 100 cm³/mol. The summed E-state index contributed by atoms with van der Waals surface area (Å²) in [6.07, 6.45) is 1.93. The highest BCUT2D eigenvalue weighted by Gasteiger charge is 2.15. The van der Waals surface area contributed by atoms with Crippen molar-refractivity contribution in [2.45, 2.75) is 11.8 Å². The molecule has 0 aliphatic heterocycles. The maximum atomic E-state index is 13.0. The summed E-state index contributed by atoms with van der Waals surface area (Å²) in [6, 6.07) is 11.7. The Morgan fingerprint density at radius 3 is 2.65 bits per heavy atom. The Labute approximate surface area is 153 Å². The topological polar surface area (TPSA) is 63.5 Å². The van der Waals surface area contributed by atoms with E-state index in [0.29, 0.717) is 5.69 Å². The predicted octanol–water partition coefficient (Wildman–Crippen LogP) is 4.31. The Kier molecular flexibility index (Phi) is 4.01. The summed E-state index contributed by atoms with van der Waals surface area (Å²) in [5, 5.41) is 2.03. The van der Waals surface area contributed by atoms with Gasteiger partial charge in [0.25, 0.3) is 10.0 Å². The molecule has 0 bridgehead atoms. The summed E-state index contributed by atoms with van der Waals surface area (Å²) >= 11 is 1.55. The second-order valence-electron chi connectivity index (χ2n) is 5.80. The van der Waals surface area contributed by atoms with Crippen molar-refractivity contribution in [2.75, 3.05) is 4.72 Å². The third-order valence-electron chi connectivity index (χ3n) is 3.92.